The van der Waals surface area contributed by atoms with Gasteiger partial charge >= 0.3 is 0 Å². The minimum atomic E-state index is -0.249. The molecule has 27 heavy (non-hydrogen) atoms. The number of hydrogen-bond donors (Lipinski definition) is 1. The Kier molecular flexibility index (Phi) is 6.46. The van der Waals surface area contributed by atoms with Gasteiger partial charge in [0.05, 0.1) is 19.3 Å². The van der Waals surface area contributed by atoms with Crippen LogP contribution in [0.1, 0.15) is 19.2 Å². The van der Waals surface area contributed by atoms with Crippen LogP contribution in [0, 0.1) is 0 Å². The third-order valence-electron chi connectivity index (χ3n) is 3.72. The van der Waals surface area contributed by atoms with Crippen molar-refractivity contribution in [2.24, 2.45) is 0 Å². The standard InChI is InChI=1S/C21H22N2O4/c1-2-12-25-17-8-10-18(11-9-17)26-15-20(24)22-14-21-23-13-19(27-21)16-6-4-3-5-7-16/h3-11,13H,2,12,14-15H2,1H3,(H,22,24). The smallest absolute Gasteiger partial charge is 0.258 e. The van der Waals surface area contributed by atoms with Crippen LogP contribution < -0.4 is 14.8 Å². The van der Waals surface area contributed by atoms with E-state index < -0.39 is 0 Å². The highest BCUT2D eigenvalue weighted by molar-refractivity contribution is 5.77. The normalized spacial score (nSPS) is 10.4. The monoisotopic (exact) mass is 366 g/mol. The molecular formula is C21H22N2O4. The lowest BCUT2D eigenvalue weighted by Gasteiger charge is -2.08. The second-order valence-electron chi connectivity index (χ2n) is 5.87. The molecule has 0 aliphatic rings. The summed E-state index contributed by atoms with van der Waals surface area (Å²) in [5, 5.41) is 2.73. The Morgan fingerprint density at radius 3 is 2.44 bits per heavy atom. The number of aromatic nitrogens is 1. The van der Waals surface area contributed by atoms with Crippen LogP contribution in [0.4, 0.5) is 0 Å². The molecule has 140 valence electrons. The first-order valence-corrected chi connectivity index (χ1v) is 8.87. The lowest BCUT2D eigenvalue weighted by Crippen LogP contribution is -2.28. The minimum Gasteiger partial charge on any atom is -0.494 e. The van der Waals surface area contributed by atoms with Crippen LogP contribution in [0.15, 0.2) is 65.2 Å². The number of oxazole rings is 1. The number of carbonyl (C=O) groups is 1. The minimum absolute atomic E-state index is 0.0819. The Balaban J connectivity index is 1.43. The maximum Gasteiger partial charge on any atom is 0.258 e. The first-order valence-electron chi connectivity index (χ1n) is 8.87. The van der Waals surface area contributed by atoms with E-state index >= 15 is 0 Å². The first-order chi connectivity index (χ1) is 13.2. The van der Waals surface area contributed by atoms with Gasteiger partial charge in [0.2, 0.25) is 5.89 Å². The number of rotatable bonds is 9. The molecule has 1 aromatic heterocycles. The molecule has 0 saturated carbocycles. The lowest BCUT2D eigenvalue weighted by atomic mass is 10.2. The molecule has 3 aromatic rings. The molecule has 0 radical (unpaired) electrons. The number of ether oxygens (including phenoxy) is 2. The summed E-state index contributed by atoms with van der Waals surface area (Å²) >= 11 is 0. The first kappa shape index (κ1) is 18.5. The summed E-state index contributed by atoms with van der Waals surface area (Å²) in [6.07, 6.45) is 2.60. The van der Waals surface area contributed by atoms with Gasteiger partial charge in [-0.25, -0.2) is 4.98 Å². The highest BCUT2D eigenvalue weighted by Gasteiger charge is 2.08. The van der Waals surface area contributed by atoms with Crippen molar-refractivity contribution >= 4 is 5.91 Å². The molecule has 6 nitrogen and oxygen atoms in total. The molecule has 0 aliphatic heterocycles. The summed E-state index contributed by atoms with van der Waals surface area (Å²) in [6, 6.07) is 16.9. The molecule has 1 N–H and O–H groups in total. The van der Waals surface area contributed by atoms with E-state index in [9.17, 15) is 4.79 Å². The summed E-state index contributed by atoms with van der Waals surface area (Å²) in [7, 11) is 0. The summed E-state index contributed by atoms with van der Waals surface area (Å²) in [6.45, 7) is 2.85. The van der Waals surface area contributed by atoms with Gasteiger partial charge in [0.15, 0.2) is 12.4 Å². The zero-order valence-electron chi connectivity index (χ0n) is 15.2. The molecular weight excluding hydrogens is 344 g/mol. The van der Waals surface area contributed by atoms with Gasteiger partial charge in [-0.3, -0.25) is 4.79 Å². The van der Waals surface area contributed by atoms with Crippen molar-refractivity contribution in [2.45, 2.75) is 19.9 Å². The van der Waals surface area contributed by atoms with Crippen LogP contribution in [-0.2, 0) is 11.3 Å². The maximum absolute atomic E-state index is 11.9. The van der Waals surface area contributed by atoms with Crippen LogP contribution in [-0.4, -0.2) is 24.1 Å². The van der Waals surface area contributed by atoms with Crippen LogP contribution in [0.5, 0.6) is 11.5 Å². The average Bonchev–Trinajstić information content (AvgIpc) is 3.20. The third kappa shape index (κ3) is 5.60. The molecule has 0 atom stereocenters. The van der Waals surface area contributed by atoms with Crippen molar-refractivity contribution in [3.63, 3.8) is 0 Å². The molecule has 1 amide bonds. The van der Waals surface area contributed by atoms with Gasteiger partial charge < -0.3 is 19.2 Å². The van der Waals surface area contributed by atoms with Gasteiger partial charge in [-0.05, 0) is 30.7 Å². The van der Waals surface area contributed by atoms with Gasteiger partial charge in [0, 0.05) is 5.56 Å². The van der Waals surface area contributed by atoms with E-state index in [1.54, 1.807) is 18.3 Å². The highest BCUT2D eigenvalue weighted by Crippen LogP contribution is 2.20. The van der Waals surface area contributed by atoms with Gasteiger partial charge in [-0.15, -0.1) is 0 Å². The number of carbonyl (C=O) groups excluding carboxylic acids is 1. The van der Waals surface area contributed by atoms with Gasteiger partial charge in [0.1, 0.15) is 11.5 Å². The van der Waals surface area contributed by atoms with E-state index in [0.29, 0.717) is 24.0 Å². The zero-order chi connectivity index (χ0) is 18.9. The van der Waals surface area contributed by atoms with Crippen molar-refractivity contribution in [3.05, 3.63) is 66.7 Å². The fourth-order valence-electron chi connectivity index (χ4n) is 2.35. The van der Waals surface area contributed by atoms with Crippen molar-refractivity contribution < 1.29 is 18.7 Å². The van der Waals surface area contributed by atoms with E-state index in [4.69, 9.17) is 13.9 Å². The highest BCUT2D eigenvalue weighted by atomic mass is 16.5. The number of benzene rings is 2. The molecule has 0 fully saturated rings. The van der Waals surface area contributed by atoms with Gasteiger partial charge in [0.25, 0.3) is 5.91 Å². The van der Waals surface area contributed by atoms with Crippen LogP contribution in [0.2, 0.25) is 0 Å². The Labute approximate surface area is 158 Å². The number of nitrogens with zero attached hydrogens (tertiary/aromatic N) is 1. The predicted octanol–water partition coefficient (Wildman–Crippen LogP) is 3.83. The van der Waals surface area contributed by atoms with Crippen molar-refractivity contribution in [2.75, 3.05) is 13.2 Å². The largest absolute Gasteiger partial charge is 0.494 e. The van der Waals surface area contributed by atoms with Crippen molar-refractivity contribution in [1.82, 2.24) is 10.3 Å². The van der Waals surface area contributed by atoms with E-state index in [-0.39, 0.29) is 19.1 Å². The summed E-state index contributed by atoms with van der Waals surface area (Å²) < 4.78 is 16.6. The van der Waals surface area contributed by atoms with E-state index in [1.807, 2.05) is 42.5 Å². The van der Waals surface area contributed by atoms with Gasteiger partial charge in [-0.2, -0.15) is 0 Å². The second kappa shape index (κ2) is 9.43. The van der Waals surface area contributed by atoms with E-state index in [2.05, 4.69) is 17.2 Å². The summed E-state index contributed by atoms with van der Waals surface area (Å²) in [4.78, 5) is 16.1. The molecule has 0 saturated heterocycles. The fourth-order valence-corrected chi connectivity index (χ4v) is 2.35. The Hall–Kier alpha value is -3.28. The molecule has 3 rings (SSSR count). The molecule has 6 heteroatoms. The molecule has 0 spiro atoms. The molecule has 0 bridgehead atoms. The lowest BCUT2D eigenvalue weighted by molar-refractivity contribution is -0.123. The second-order valence-corrected chi connectivity index (χ2v) is 5.87. The van der Waals surface area contributed by atoms with Crippen LogP contribution in [0.25, 0.3) is 11.3 Å². The Bertz CT molecular complexity index is 844. The fraction of sp³-hybridized carbons (Fsp3) is 0.238. The summed E-state index contributed by atoms with van der Waals surface area (Å²) in [5.41, 5.74) is 0.942. The molecule has 1 heterocycles. The predicted molar refractivity (Wildman–Crippen MR) is 102 cm³/mol. The molecule has 0 unspecified atom stereocenters. The van der Waals surface area contributed by atoms with Crippen LogP contribution in [0.3, 0.4) is 0 Å². The Morgan fingerprint density at radius 1 is 1.04 bits per heavy atom. The number of amides is 1. The van der Waals surface area contributed by atoms with Crippen molar-refractivity contribution in [3.8, 4) is 22.8 Å². The van der Waals surface area contributed by atoms with E-state index in [1.165, 1.54) is 0 Å². The zero-order valence-corrected chi connectivity index (χ0v) is 15.2. The Morgan fingerprint density at radius 2 is 1.74 bits per heavy atom. The van der Waals surface area contributed by atoms with E-state index in [0.717, 1.165) is 17.7 Å². The number of hydrogen-bond acceptors (Lipinski definition) is 5. The summed E-state index contributed by atoms with van der Waals surface area (Å²) in [5.74, 6) is 2.25. The quantitative estimate of drug-likeness (QED) is 0.623. The van der Waals surface area contributed by atoms with Crippen molar-refractivity contribution in [1.29, 1.82) is 0 Å². The molecule has 2 aromatic carbocycles. The maximum atomic E-state index is 11.9. The van der Waals surface area contributed by atoms with Crippen LogP contribution >= 0.6 is 0 Å². The van der Waals surface area contributed by atoms with Gasteiger partial charge in [-0.1, -0.05) is 37.3 Å². The average molecular weight is 366 g/mol. The third-order valence-corrected chi connectivity index (χ3v) is 3.72. The SMILES string of the molecule is CCCOc1ccc(OCC(=O)NCc2ncc(-c3ccccc3)o2)cc1. The topological polar surface area (TPSA) is 73.6 Å². The molecule has 0 aliphatic carbocycles. The number of nitrogens with one attached hydrogen (secondary N) is 1.